The molecule has 0 atom stereocenters. The van der Waals surface area contributed by atoms with Gasteiger partial charge in [-0.05, 0) is 24.5 Å². The van der Waals surface area contributed by atoms with Gasteiger partial charge in [-0.2, -0.15) is 0 Å². The van der Waals surface area contributed by atoms with Gasteiger partial charge in [0.2, 0.25) is 0 Å². The average Bonchev–Trinajstić information content (AvgIpc) is 2.20. The molecule has 0 unspecified atom stereocenters. The predicted molar refractivity (Wildman–Crippen MR) is 56.4 cm³/mol. The summed E-state index contributed by atoms with van der Waals surface area (Å²) in [6.07, 6.45) is 0. The van der Waals surface area contributed by atoms with E-state index in [1.165, 1.54) is 13.1 Å². The van der Waals surface area contributed by atoms with Gasteiger partial charge in [0.05, 0.1) is 5.69 Å². The number of carbonyl (C=O) groups excluding carboxylic acids is 1. The minimum absolute atomic E-state index is 0.0371. The first-order valence-electron chi connectivity index (χ1n) is 4.86. The minimum Gasteiger partial charge on any atom is -0.354 e. The van der Waals surface area contributed by atoms with Crippen LogP contribution in [0.15, 0.2) is 6.07 Å². The maximum absolute atomic E-state index is 13.6. The summed E-state index contributed by atoms with van der Waals surface area (Å²) in [6.45, 7) is 5.32. The van der Waals surface area contributed by atoms with Gasteiger partial charge in [-0.15, -0.1) is 0 Å². The van der Waals surface area contributed by atoms with Gasteiger partial charge in [-0.1, -0.05) is 13.8 Å². The molecule has 0 saturated carbocycles. The molecule has 0 radical (unpaired) electrons. The van der Waals surface area contributed by atoms with Crippen molar-refractivity contribution in [1.29, 1.82) is 0 Å². The molecule has 3 nitrogen and oxygen atoms in total. The fourth-order valence-corrected chi connectivity index (χ4v) is 1.35. The second kappa shape index (κ2) is 4.38. The molecule has 1 N–H and O–H groups in total. The molecule has 0 aliphatic heterocycles. The first-order valence-corrected chi connectivity index (χ1v) is 4.86. The van der Waals surface area contributed by atoms with E-state index in [0.717, 1.165) is 0 Å². The maximum Gasteiger partial charge on any atom is 0.269 e. The first-order chi connectivity index (χ1) is 6.97. The molecule has 0 fully saturated rings. The van der Waals surface area contributed by atoms with Crippen molar-refractivity contribution in [2.24, 2.45) is 0 Å². The van der Waals surface area contributed by atoms with Crippen LogP contribution in [0.1, 0.15) is 41.5 Å². The number of rotatable bonds is 2. The number of halogens is 1. The van der Waals surface area contributed by atoms with Crippen LogP contribution in [0.5, 0.6) is 0 Å². The fourth-order valence-electron chi connectivity index (χ4n) is 1.35. The molecule has 1 heterocycles. The molecule has 4 heteroatoms. The Morgan fingerprint density at radius 2 is 2.13 bits per heavy atom. The Bertz CT molecular complexity index is 388. The smallest absolute Gasteiger partial charge is 0.269 e. The summed E-state index contributed by atoms with van der Waals surface area (Å²) in [5.74, 6) is -0.576. The van der Waals surface area contributed by atoms with Crippen LogP contribution in [0.25, 0.3) is 0 Å². The number of amides is 1. The molecule has 1 aromatic heterocycles. The lowest BCUT2D eigenvalue weighted by atomic mass is 10.0. The summed E-state index contributed by atoms with van der Waals surface area (Å²) in [7, 11) is 1.53. The highest BCUT2D eigenvalue weighted by Crippen LogP contribution is 2.20. The molecular formula is C11H15FN2O. The quantitative estimate of drug-likeness (QED) is 0.811. The Kier molecular flexibility index (Phi) is 3.39. The lowest BCUT2D eigenvalue weighted by molar-refractivity contribution is 0.0957. The molecular weight excluding hydrogens is 195 g/mol. The van der Waals surface area contributed by atoms with E-state index in [-0.39, 0.29) is 29.0 Å². The summed E-state index contributed by atoms with van der Waals surface area (Å²) in [5.41, 5.74) is 1.06. The van der Waals surface area contributed by atoms with E-state index in [1.54, 1.807) is 6.92 Å². The van der Waals surface area contributed by atoms with Crippen molar-refractivity contribution in [3.8, 4) is 0 Å². The van der Waals surface area contributed by atoms with Crippen molar-refractivity contribution in [2.45, 2.75) is 26.7 Å². The van der Waals surface area contributed by atoms with Gasteiger partial charge in [-0.25, -0.2) is 9.37 Å². The largest absolute Gasteiger partial charge is 0.354 e. The van der Waals surface area contributed by atoms with Crippen LogP contribution in [0.4, 0.5) is 4.39 Å². The molecule has 0 aromatic carbocycles. The van der Waals surface area contributed by atoms with Gasteiger partial charge in [0.25, 0.3) is 5.91 Å². The standard InChI is InChI=1S/C11H15FN2O/c1-6(2)8-5-9(11(15)13-4)14-7(3)10(8)12/h5-6H,1-4H3,(H,13,15). The second-order valence-corrected chi connectivity index (χ2v) is 3.73. The van der Waals surface area contributed by atoms with Crippen LogP contribution < -0.4 is 5.32 Å². The van der Waals surface area contributed by atoms with Crippen molar-refractivity contribution in [3.05, 3.63) is 28.8 Å². The van der Waals surface area contributed by atoms with Crippen LogP contribution in [-0.4, -0.2) is 17.9 Å². The number of carbonyl (C=O) groups is 1. The Labute approximate surface area is 88.7 Å². The van der Waals surface area contributed by atoms with Crippen LogP contribution in [0, 0.1) is 12.7 Å². The fraction of sp³-hybridized carbons (Fsp3) is 0.455. The number of nitrogens with zero attached hydrogens (tertiary/aromatic N) is 1. The van der Waals surface area contributed by atoms with Crippen molar-refractivity contribution >= 4 is 5.91 Å². The Morgan fingerprint density at radius 3 is 2.60 bits per heavy atom. The molecule has 0 bridgehead atoms. The van der Waals surface area contributed by atoms with E-state index in [9.17, 15) is 9.18 Å². The molecule has 0 aliphatic carbocycles. The zero-order chi connectivity index (χ0) is 11.6. The highest BCUT2D eigenvalue weighted by atomic mass is 19.1. The third-order valence-electron chi connectivity index (χ3n) is 2.23. The van der Waals surface area contributed by atoms with Crippen molar-refractivity contribution in [1.82, 2.24) is 10.3 Å². The zero-order valence-electron chi connectivity index (χ0n) is 9.39. The van der Waals surface area contributed by atoms with Crippen LogP contribution in [0.2, 0.25) is 0 Å². The molecule has 1 aromatic rings. The molecule has 0 saturated heterocycles. The first kappa shape index (κ1) is 11.6. The Hall–Kier alpha value is -1.45. The average molecular weight is 210 g/mol. The molecule has 15 heavy (non-hydrogen) atoms. The predicted octanol–water partition coefficient (Wildman–Crippen LogP) is 2.01. The van der Waals surface area contributed by atoms with E-state index < -0.39 is 0 Å². The van der Waals surface area contributed by atoms with Crippen LogP contribution in [0.3, 0.4) is 0 Å². The number of aromatic nitrogens is 1. The summed E-state index contributed by atoms with van der Waals surface area (Å²) in [6, 6.07) is 1.51. The summed E-state index contributed by atoms with van der Waals surface area (Å²) < 4.78 is 13.6. The van der Waals surface area contributed by atoms with E-state index in [2.05, 4.69) is 10.3 Å². The Morgan fingerprint density at radius 1 is 1.53 bits per heavy atom. The van der Waals surface area contributed by atoms with Gasteiger partial charge in [0.1, 0.15) is 11.5 Å². The SMILES string of the molecule is CNC(=O)c1cc(C(C)C)c(F)c(C)n1. The van der Waals surface area contributed by atoms with E-state index in [4.69, 9.17) is 0 Å². The lowest BCUT2D eigenvalue weighted by Crippen LogP contribution is -2.20. The van der Waals surface area contributed by atoms with E-state index in [1.807, 2.05) is 13.8 Å². The molecule has 1 rings (SSSR count). The topological polar surface area (TPSA) is 42.0 Å². The normalized spacial score (nSPS) is 10.5. The number of aryl methyl sites for hydroxylation is 1. The van der Waals surface area contributed by atoms with Crippen molar-refractivity contribution in [2.75, 3.05) is 7.05 Å². The van der Waals surface area contributed by atoms with Gasteiger partial charge in [-0.3, -0.25) is 4.79 Å². The number of pyridine rings is 1. The summed E-state index contributed by atoms with van der Waals surface area (Å²) >= 11 is 0. The molecule has 0 aliphatic rings. The van der Waals surface area contributed by atoms with Gasteiger partial charge in [0.15, 0.2) is 0 Å². The summed E-state index contributed by atoms with van der Waals surface area (Å²) in [5, 5.41) is 2.47. The number of nitrogens with one attached hydrogen (secondary N) is 1. The monoisotopic (exact) mass is 210 g/mol. The lowest BCUT2D eigenvalue weighted by Gasteiger charge is -2.10. The van der Waals surface area contributed by atoms with Gasteiger partial charge >= 0.3 is 0 Å². The molecule has 0 spiro atoms. The van der Waals surface area contributed by atoms with Crippen molar-refractivity contribution in [3.63, 3.8) is 0 Å². The third-order valence-corrected chi connectivity index (χ3v) is 2.23. The van der Waals surface area contributed by atoms with E-state index >= 15 is 0 Å². The zero-order valence-corrected chi connectivity index (χ0v) is 9.39. The highest BCUT2D eigenvalue weighted by molar-refractivity contribution is 5.92. The second-order valence-electron chi connectivity index (χ2n) is 3.73. The van der Waals surface area contributed by atoms with Gasteiger partial charge in [0, 0.05) is 7.05 Å². The molecule has 82 valence electrons. The third kappa shape index (κ3) is 2.32. The Balaban J connectivity index is 3.29. The van der Waals surface area contributed by atoms with Crippen LogP contribution >= 0.6 is 0 Å². The molecule has 1 amide bonds. The number of hydrogen-bond donors (Lipinski definition) is 1. The van der Waals surface area contributed by atoms with Gasteiger partial charge < -0.3 is 5.32 Å². The summed E-state index contributed by atoms with van der Waals surface area (Å²) in [4.78, 5) is 15.3. The highest BCUT2D eigenvalue weighted by Gasteiger charge is 2.15. The van der Waals surface area contributed by atoms with E-state index in [0.29, 0.717) is 5.56 Å². The van der Waals surface area contributed by atoms with Crippen LogP contribution in [-0.2, 0) is 0 Å². The van der Waals surface area contributed by atoms with Crippen molar-refractivity contribution < 1.29 is 9.18 Å². The number of hydrogen-bond acceptors (Lipinski definition) is 2. The minimum atomic E-state index is -0.322. The maximum atomic E-state index is 13.6.